The lowest BCUT2D eigenvalue weighted by atomic mass is 10.0. The molecule has 0 fully saturated rings. The standard InChI is InChI=1S/C14H18FN5O/c1-2-13(11-5-7-12(15)8-6-11)17-14(21)4-3-9-20-10-16-18-19-20/h5-8,10,13H,2-4,9H2,1H3,(H,17,21). The Balaban J connectivity index is 1.80. The second-order valence-corrected chi connectivity index (χ2v) is 4.76. The van der Waals surface area contributed by atoms with Crippen LogP contribution in [-0.4, -0.2) is 26.1 Å². The van der Waals surface area contributed by atoms with Gasteiger partial charge in [-0.3, -0.25) is 4.79 Å². The maximum atomic E-state index is 12.9. The fourth-order valence-electron chi connectivity index (χ4n) is 2.07. The summed E-state index contributed by atoms with van der Waals surface area (Å²) in [6.45, 7) is 2.59. The molecule has 21 heavy (non-hydrogen) atoms. The van der Waals surface area contributed by atoms with Crippen LogP contribution in [-0.2, 0) is 11.3 Å². The second kappa shape index (κ2) is 7.47. The molecule has 1 aromatic carbocycles. The quantitative estimate of drug-likeness (QED) is 0.845. The third-order valence-electron chi connectivity index (χ3n) is 3.20. The number of benzene rings is 1. The minimum absolute atomic E-state index is 0.0285. The van der Waals surface area contributed by atoms with Crippen molar-refractivity contribution in [2.45, 2.75) is 38.8 Å². The van der Waals surface area contributed by atoms with Gasteiger partial charge in [-0.05, 0) is 41.0 Å². The van der Waals surface area contributed by atoms with Crippen LogP contribution in [0, 0.1) is 5.82 Å². The zero-order valence-electron chi connectivity index (χ0n) is 11.9. The molecule has 0 spiro atoms. The first-order chi connectivity index (χ1) is 10.2. The molecular weight excluding hydrogens is 273 g/mol. The molecule has 0 saturated carbocycles. The summed E-state index contributed by atoms with van der Waals surface area (Å²) in [4.78, 5) is 11.9. The Bertz CT molecular complexity index is 555. The van der Waals surface area contributed by atoms with Crippen molar-refractivity contribution in [1.82, 2.24) is 25.5 Å². The molecule has 1 unspecified atom stereocenters. The van der Waals surface area contributed by atoms with Crippen molar-refractivity contribution in [1.29, 1.82) is 0 Å². The summed E-state index contributed by atoms with van der Waals surface area (Å²) < 4.78 is 14.5. The van der Waals surface area contributed by atoms with E-state index in [2.05, 4.69) is 20.8 Å². The summed E-state index contributed by atoms with van der Waals surface area (Å²) in [7, 11) is 0. The van der Waals surface area contributed by atoms with Crippen molar-refractivity contribution in [2.75, 3.05) is 0 Å². The Kier molecular flexibility index (Phi) is 5.36. The van der Waals surface area contributed by atoms with Gasteiger partial charge in [-0.1, -0.05) is 19.1 Å². The van der Waals surface area contributed by atoms with Crippen molar-refractivity contribution in [3.05, 3.63) is 42.0 Å². The molecule has 6 nitrogen and oxygen atoms in total. The molecule has 0 aliphatic carbocycles. The number of carbonyl (C=O) groups excluding carboxylic acids is 1. The van der Waals surface area contributed by atoms with Crippen LogP contribution in [0.15, 0.2) is 30.6 Å². The van der Waals surface area contributed by atoms with Gasteiger partial charge in [0, 0.05) is 13.0 Å². The van der Waals surface area contributed by atoms with Crippen molar-refractivity contribution in [3.63, 3.8) is 0 Å². The van der Waals surface area contributed by atoms with Crippen LogP contribution in [0.5, 0.6) is 0 Å². The van der Waals surface area contributed by atoms with Crippen LogP contribution in [0.4, 0.5) is 4.39 Å². The van der Waals surface area contributed by atoms with Crippen LogP contribution in [0.2, 0.25) is 0 Å². The molecule has 0 radical (unpaired) electrons. The number of aromatic nitrogens is 4. The van der Waals surface area contributed by atoms with Crippen LogP contribution in [0.3, 0.4) is 0 Å². The normalized spacial score (nSPS) is 12.1. The molecule has 1 aromatic heterocycles. The average Bonchev–Trinajstić information content (AvgIpc) is 2.99. The number of aryl methyl sites for hydroxylation is 1. The maximum absolute atomic E-state index is 12.9. The van der Waals surface area contributed by atoms with E-state index in [-0.39, 0.29) is 17.8 Å². The number of tetrazole rings is 1. The molecule has 1 heterocycles. The lowest BCUT2D eigenvalue weighted by molar-refractivity contribution is -0.122. The summed E-state index contributed by atoms with van der Waals surface area (Å²) in [5.41, 5.74) is 0.910. The Hall–Kier alpha value is -2.31. The van der Waals surface area contributed by atoms with Gasteiger partial charge in [0.25, 0.3) is 0 Å². The Morgan fingerprint density at radius 3 is 2.76 bits per heavy atom. The van der Waals surface area contributed by atoms with Gasteiger partial charge in [0.2, 0.25) is 5.91 Å². The van der Waals surface area contributed by atoms with Crippen molar-refractivity contribution in [2.24, 2.45) is 0 Å². The number of carbonyl (C=O) groups is 1. The molecule has 2 aromatic rings. The van der Waals surface area contributed by atoms with E-state index >= 15 is 0 Å². The molecule has 0 saturated heterocycles. The van der Waals surface area contributed by atoms with Gasteiger partial charge in [-0.15, -0.1) is 5.10 Å². The van der Waals surface area contributed by atoms with Gasteiger partial charge in [0.05, 0.1) is 6.04 Å². The molecule has 0 aliphatic rings. The second-order valence-electron chi connectivity index (χ2n) is 4.76. The topological polar surface area (TPSA) is 72.7 Å². The average molecular weight is 291 g/mol. The maximum Gasteiger partial charge on any atom is 0.220 e. The highest BCUT2D eigenvalue weighted by Crippen LogP contribution is 2.17. The zero-order valence-corrected chi connectivity index (χ0v) is 11.9. The van der Waals surface area contributed by atoms with Gasteiger partial charge < -0.3 is 5.32 Å². The first-order valence-electron chi connectivity index (χ1n) is 6.94. The fourth-order valence-corrected chi connectivity index (χ4v) is 2.07. The SMILES string of the molecule is CCC(NC(=O)CCCn1cnnn1)c1ccc(F)cc1. The molecule has 7 heteroatoms. The largest absolute Gasteiger partial charge is 0.349 e. The molecule has 1 amide bonds. The Labute approximate surface area is 122 Å². The van der Waals surface area contributed by atoms with Gasteiger partial charge in [0.1, 0.15) is 12.1 Å². The first-order valence-corrected chi connectivity index (χ1v) is 6.94. The Morgan fingerprint density at radius 2 is 2.14 bits per heavy atom. The third kappa shape index (κ3) is 4.62. The molecule has 0 bridgehead atoms. The number of nitrogens with zero attached hydrogens (tertiary/aromatic N) is 4. The van der Waals surface area contributed by atoms with Gasteiger partial charge in [-0.25, -0.2) is 9.07 Å². The highest BCUT2D eigenvalue weighted by Gasteiger charge is 2.12. The number of rotatable bonds is 7. The van der Waals surface area contributed by atoms with E-state index in [0.717, 1.165) is 12.0 Å². The van der Waals surface area contributed by atoms with Crippen molar-refractivity contribution >= 4 is 5.91 Å². The predicted octanol–water partition coefficient (Wildman–Crippen LogP) is 1.86. The van der Waals surface area contributed by atoms with E-state index in [1.165, 1.54) is 18.5 Å². The van der Waals surface area contributed by atoms with Gasteiger partial charge in [0.15, 0.2) is 0 Å². The molecule has 2 rings (SSSR count). The van der Waals surface area contributed by atoms with Gasteiger partial charge in [-0.2, -0.15) is 0 Å². The highest BCUT2D eigenvalue weighted by molar-refractivity contribution is 5.76. The summed E-state index contributed by atoms with van der Waals surface area (Å²) in [5.74, 6) is -0.305. The highest BCUT2D eigenvalue weighted by atomic mass is 19.1. The number of hydrogen-bond acceptors (Lipinski definition) is 4. The summed E-state index contributed by atoms with van der Waals surface area (Å²) in [6.07, 6.45) is 3.34. The third-order valence-corrected chi connectivity index (χ3v) is 3.20. The number of nitrogens with one attached hydrogen (secondary N) is 1. The lowest BCUT2D eigenvalue weighted by Gasteiger charge is -2.17. The van der Waals surface area contributed by atoms with Crippen molar-refractivity contribution in [3.8, 4) is 0 Å². The number of hydrogen-bond donors (Lipinski definition) is 1. The molecule has 112 valence electrons. The van der Waals surface area contributed by atoms with Crippen LogP contribution < -0.4 is 5.32 Å². The summed E-state index contributed by atoms with van der Waals surface area (Å²) in [6, 6.07) is 6.12. The molecule has 1 N–H and O–H groups in total. The molecule has 0 aliphatic heterocycles. The summed E-state index contributed by atoms with van der Waals surface area (Å²) in [5, 5.41) is 13.8. The van der Waals surface area contributed by atoms with E-state index in [0.29, 0.717) is 19.4 Å². The first kappa shape index (κ1) is 15.1. The van der Waals surface area contributed by atoms with E-state index < -0.39 is 0 Å². The van der Waals surface area contributed by atoms with Gasteiger partial charge >= 0.3 is 0 Å². The van der Waals surface area contributed by atoms with Crippen molar-refractivity contribution < 1.29 is 9.18 Å². The van der Waals surface area contributed by atoms with Crippen LogP contribution in [0.25, 0.3) is 0 Å². The van der Waals surface area contributed by atoms with E-state index in [1.54, 1.807) is 16.8 Å². The van der Waals surface area contributed by atoms with E-state index in [4.69, 9.17) is 0 Å². The lowest BCUT2D eigenvalue weighted by Crippen LogP contribution is -2.28. The van der Waals surface area contributed by atoms with E-state index in [1.807, 2.05) is 6.92 Å². The molecular formula is C14H18FN5O. The predicted molar refractivity (Wildman–Crippen MR) is 74.6 cm³/mol. The fraction of sp³-hybridized carbons (Fsp3) is 0.429. The number of halogens is 1. The zero-order chi connectivity index (χ0) is 15.1. The Morgan fingerprint density at radius 1 is 1.38 bits per heavy atom. The van der Waals surface area contributed by atoms with E-state index in [9.17, 15) is 9.18 Å². The minimum atomic E-state index is -0.277. The smallest absolute Gasteiger partial charge is 0.220 e. The minimum Gasteiger partial charge on any atom is -0.349 e. The molecule has 1 atom stereocenters. The monoisotopic (exact) mass is 291 g/mol. The van der Waals surface area contributed by atoms with Crippen LogP contribution in [0.1, 0.15) is 37.8 Å². The van der Waals surface area contributed by atoms with Crippen LogP contribution >= 0.6 is 0 Å². The summed E-state index contributed by atoms with van der Waals surface area (Å²) >= 11 is 0. The number of amides is 1.